The summed E-state index contributed by atoms with van der Waals surface area (Å²) in [6, 6.07) is 6.22. The van der Waals surface area contributed by atoms with Crippen molar-refractivity contribution >= 4 is 95.8 Å². The number of halogens is 3. The van der Waals surface area contributed by atoms with Crippen LogP contribution in [0.2, 0.25) is 0 Å². The molecule has 2 bridgehead atoms. The number of carbonyl (C=O) groups excluding carboxylic acids is 3. The number of fused-ring (bicyclic) bond motifs is 2. The molecule has 0 amide bonds. The maximum absolute atomic E-state index is 13.6. The minimum absolute atomic E-state index is 0.198. The molecule has 206 valence electrons. The van der Waals surface area contributed by atoms with E-state index in [9.17, 15) is 27.4 Å². The number of ether oxygens (including phenoxy) is 3. The molecule has 1 heterocycles. The third-order valence-corrected chi connectivity index (χ3v) is 12.8. The summed E-state index contributed by atoms with van der Waals surface area (Å²) < 4.78 is 55.3. The topological polar surface area (TPSA) is 136 Å². The van der Waals surface area contributed by atoms with E-state index in [0.29, 0.717) is 36.0 Å². The number of benzene rings is 2. The second-order valence-electron chi connectivity index (χ2n) is 10.2. The first-order valence-corrected chi connectivity index (χ1v) is 17.0. The molecule has 1 saturated heterocycles. The Labute approximate surface area is 265 Å². The third-order valence-electron chi connectivity index (χ3n) is 8.20. The molecular weight excluding hydrogens is 869 g/mol. The average molecular weight is 889 g/mol. The zero-order valence-electron chi connectivity index (χ0n) is 20.0. The van der Waals surface area contributed by atoms with Crippen molar-refractivity contribution in [3.8, 4) is 5.75 Å². The largest absolute Gasteiger partial charge is 0.744 e. The van der Waals surface area contributed by atoms with Crippen LogP contribution in [0.5, 0.6) is 5.75 Å². The highest BCUT2D eigenvalue weighted by Crippen LogP contribution is 2.59. The minimum Gasteiger partial charge on any atom is -0.744 e. The Morgan fingerprint density at radius 1 is 1.03 bits per heavy atom. The minimum atomic E-state index is -4.68. The van der Waals surface area contributed by atoms with E-state index in [0.717, 1.165) is 23.6 Å². The van der Waals surface area contributed by atoms with Gasteiger partial charge in [-0.3, -0.25) is 9.59 Å². The molecule has 2 saturated carbocycles. The Kier molecular flexibility index (Phi) is 7.45. The van der Waals surface area contributed by atoms with E-state index in [4.69, 9.17) is 14.2 Å². The summed E-state index contributed by atoms with van der Waals surface area (Å²) in [5.74, 6) is -3.74. The fourth-order valence-corrected chi connectivity index (χ4v) is 9.81. The van der Waals surface area contributed by atoms with Crippen molar-refractivity contribution in [1.29, 1.82) is 0 Å². The molecule has 2 aromatic carbocycles. The Balaban J connectivity index is 1.28. The van der Waals surface area contributed by atoms with E-state index in [2.05, 4.69) is 67.8 Å². The van der Waals surface area contributed by atoms with Gasteiger partial charge in [-0.15, -0.1) is 0 Å². The normalized spacial score (nSPS) is 28.7. The third kappa shape index (κ3) is 4.80. The number of hydrogen-bond donors (Lipinski definition) is 0. The lowest BCUT2D eigenvalue weighted by Gasteiger charge is -2.31. The van der Waals surface area contributed by atoms with Gasteiger partial charge in [-0.1, -0.05) is 0 Å². The first-order valence-electron chi connectivity index (χ1n) is 12.3. The fraction of sp³-hybridized carbons (Fsp3) is 0.423. The smallest absolute Gasteiger partial charge is 0.339 e. The van der Waals surface area contributed by atoms with E-state index in [1.165, 1.54) is 12.1 Å². The molecule has 3 fully saturated rings. The van der Waals surface area contributed by atoms with E-state index in [1.54, 1.807) is 6.07 Å². The van der Waals surface area contributed by atoms with Crippen LogP contribution in [0.3, 0.4) is 0 Å². The van der Waals surface area contributed by atoms with Gasteiger partial charge in [0.1, 0.15) is 28.1 Å². The Hall–Kier alpha value is -1.05. The Morgan fingerprint density at radius 3 is 2.46 bits per heavy atom. The number of hydrogen-bond acceptors (Lipinski definition) is 9. The van der Waals surface area contributed by atoms with Crippen molar-refractivity contribution in [1.82, 2.24) is 0 Å². The predicted molar refractivity (Wildman–Crippen MR) is 159 cm³/mol. The van der Waals surface area contributed by atoms with Crippen LogP contribution in [0, 0.1) is 34.4 Å². The summed E-state index contributed by atoms with van der Waals surface area (Å²) in [6.07, 6.45) is 1.46. The van der Waals surface area contributed by atoms with E-state index < -0.39 is 58.0 Å². The molecular formula is C26H20I3O9S-. The SMILES string of the molecule is O=C(OC1C2CC3C1OC(=O)C3C2C(=O)Oc1ccc(S(=O)(=O)[O-])c2c1CCCC2)c1cc(I)cc(I)c1I. The molecule has 39 heavy (non-hydrogen) atoms. The molecule has 3 aliphatic carbocycles. The van der Waals surface area contributed by atoms with Crippen LogP contribution < -0.4 is 4.74 Å². The second-order valence-corrected chi connectivity index (χ2v) is 15.1. The highest BCUT2D eigenvalue weighted by Gasteiger charge is 2.70. The molecule has 13 heteroatoms. The molecule has 0 spiro atoms. The maximum Gasteiger partial charge on any atom is 0.339 e. The number of carbonyl (C=O) groups is 3. The first kappa shape index (κ1) is 28.1. The monoisotopic (exact) mass is 889 g/mol. The van der Waals surface area contributed by atoms with Gasteiger partial charge in [0.2, 0.25) is 0 Å². The molecule has 1 aliphatic heterocycles. The Morgan fingerprint density at radius 2 is 1.74 bits per heavy atom. The summed E-state index contributed by atoms with van der Waals surface area (Å²) in [4.78, 5) is 39.4. The van der Waals surface area contributed by atoms with Crippen LogP contribution in [0.1, 0.15) is 40.7 Å². The van der Waals surface area contributed by atoms with Crippen molar-refractivity contribution < 1.29 is 41.6 Å². The summed E-state index contributed by atoms with van der Waals surface area (Å²) in [5, 5.41) is 0. The quantitative estimate of drug-likeness (QED) is 0.142. The molecule has 6 rings (SSSR count). The van der Waals surface area contributed by atoms with Crippen molar-refractivity contribution in [3.63, 3.8) is 0 Å². The molecule has 6 atom stereocenters. The van der Waals surface area contributed by atoms with Crippen molar-refractivity contribution in [3.05, 3.63) is 51.7 Å². The van der Waals surface area contributed by atoms with Gasteiger partial charge >= 0.3 is 17.9 Å². The maximum atomic E-state index is 13.6. The van der Waals surface area contributed by atoms with Crippen LogP contribution in [0.4, 0.5) is 0 Å². The number of rotatable bonds is 5. The molecule has 9 nitrogen and oxygen atoms in total. The standard InChI is InChI=1S/C26H21I3O9S/c27-10-7-15(21(29)16(28)8-10)24(30)37-22-13-9-14-20(26(32)38-23(14)22)19(13)25(31)36-17-5-6-18(39(33,34)35)12-4-2-1-3-11(12)17/h5-8,13-14,19-20,22-23H,1-4,9H2,(H,33,34,35)/p-1. The zero-order valence-corrected chi connectivity index (χ0v) is 27.3. The van der Waals surface area contributed by atoms with Crippen molar-refractivity contribution in [2.75, 3.05) is 0 Å². The Bertz CT molecular complexity index is 1540. The molecule has 0 aromatic heterocycles. The molecule has 6 unspecified atom stereocenters. The lowest BCUT2D eigenvalue weighted by atomic mass is 9.78. The molecule has 0 N–H and O–H groups in total. The van der Waals surface area contributed by atoms with E-state index in [-0.39, 0.29) is 16.6 Å². The van der Waals surface area contributed by atoms with Gasteiger partial charge in [-0.05, 0) is 135 Å². The van der Waals surface area contributed by atoms with Crippen LogP contribution in [-0.2, 0) is 42.0 Å². The van der Waals surface area contributed by atoms with Crippen molar-refractivity contribution in [2.24, 2.45) is 23.7 Å². The molecule has 0 radical (unpaired) electrons. The van der Waals surface area contributed by atoms with E-state index in [1.807, 2.05) is 6.07 Å². The van der Waals surface area contributed by atoms with Gasteiger partial charge < -0.3 is 18.8 Å². The summed E-state index contributed by atoms with van der Waals surface area (Å²) in [6.45, 7) is 0. The summed E-state index contributed by atoms with van der Waals surface area (Å²) in [7, 11) is -4.68. The van der Waals surface area contributed by atoms with Crippen molar-refractivity contribution in [2.45, 2.75) is 49.2 Å². The van der Waals surface area contributed by atoms with Gasteiger partial charge in [-0.2, -0.15) is 0 Å². The van der Waals surface area contributed by atoms with Crippen LogP contribution in [-0.4, -0.2) is 43.1 Å². The number of esters is 3. The lowest BCUT2D eigenvalue weighted by Crippen LogP contribution is -2.44. The van der Waals surface area contributed by atoms with Crippen LogP contribution in [0.15, 0.2) is 29.2 Å². The van der Waals surface area contributed by atoms with Crippen LogP contribution >= 0.6 is 67.8 Å². The van der Waals surface area contributed by atoms with Gasteiger partial charge in [0, 0.05) is 22.5 Å². The molecule has 4 aliphatic rings. The second kappa shape index (κ2) is 10.3. The summed E-state index contributed by atoms with van der Waals surface area (Å²) in [5.41, 5.74) is 1.34. The van der Waals surface area contributed by atoms with Gasteiger partial charge in [0.25, 0.3) is 0 Å². The van der Waals surface area contributed by atoms with E-state index >= 15 is 0 Å². The fourth-order valence-electron chi connectivity index (χ4n) is 6.67. The first-order chi connectivity index (χ1) is 18.5. The highest BCUT2D eigenvalue weighted by atomic mass is 127. The zero-order chi connectivity index (χ0) is 27.8. The average Bonchev–Trinajstić information content (AvgIpc) is 3.49. The molecule has 2 aromatic rings. The highest BCUT2D eigenvalue weighted by molar-refractivity contribution is 14.1. The summed E-state index contributed by atoms with van der Waals surface area (Å²) >= 11 is 6.38. The lowest BCUT2D eigenvalue weighted by molar-refractivity contribution is -0.149. The van der Waals surface area contributed by atoms with Gasteiger partial charge in [0.05, 0.1) is 22.3 Å². The van der Waals surface area contributed by atoms with Gasteiger partial charge in [0.15, 0.2) is 0 Å². The predicted octanol–water partition coefficient (Wildman–Crippen LogP) is 4.22. The van der Waals surface area contributed by atoms with Crippen LogP contribution in [0.25, 0.3) is 0 Å². The van der Waals surface area contributed by atoms with Gasteiger partial charge in [-0.25, -0.2) is 13.2 Å².